The molecule has 1 fully saturated rings. The standard InChI is InChI=1S/C14H16N2O3S/c1-10-3-2-4-11-9-15-16(14(17)13(10)11)12-5-7-20(18,19)8-6-12/h2-4,9,12H,5-8H2,1H3. The molecular formula is C14H16N2O3S. The van der Waals surface area contributed by atoms with E-state index < -0.39 is 9.84 Å². The largest absolute Gasteiger partial charge is 0.275 e. The number of hydrogen-bond donors (Lipinski definition) is 0. The van der Waals surface area contributed by atoms with Gasteiger partial charge in [-0.2, -0.15) is 5.10 Å². The maximum atomic E-state index is 12.6. The van der Waals surface area contributed by atoms with Crippen LogP contribution >= 0.6 is 0 Å². The molecule has 5 nitrogen and oxygen atoms in total. The molecule has 1 aromatic carbocycles. The second kappa shape index (κ2) is 4.70. The van der Waals surface area contributed by atoms with E-state index in [2.05, 4.69) is 5.10 Å². The zero-order chi connectivity index (χ0) is 14.3. The van der Waals surface area contributed by atoms with E-state index >= 15 is 0 Å². The first-order valence-electron chi connectivity index (χ1n) is 6.65. The van der Waals surface area contributed by atoms with E-state index in [9.17, 15) is 13.2 Å². The molecule has 2 aromatic rings. The number of benzene rings is 1. The lowest BCUT2D eigenvalue weighted by Crippen LogP contribution is -2.33. The van der Waals surface area contributed by atoms with Crippen molar-refractivity contribution in [1.82, 2.24) is 9.78 Å². The quantitative estimate of drug-likeness (QED) is 0.798. The van der Waals surface area contributed by atoms with Gasteiger partial charge >= 0.3 is 0 Å². The van der Waals surface area contributed by atoms with Crippen LogP contribution in [0, 0.1) is 6.92 Å². The summed E-state index contributed by atoms with van der Waals surface area (Å²) in [7, 11) is -2.93. The normalized spacial score (nSPS) is 19.2. The van der Waals surface area contributed by atoms with Crippen molar-refractivity contribution in [2.75, 3.05) is 11.5 Å². The van der Waals surface area contributed by atoms with E-state index in [4.69, 9.17) is 0 Å². The molecule has 1 saturated heterocycles. The van der Waals surface area contributed by atoms with Crippen molar-refractivity contribution < 1.29 is 8.42 Å². The smallest absolute Gasteiger partial charge is 0.267 e. The molecule has 106 valence electrons. The van der Waals surface area contributed by atoms with Crippen LogP contribution in [0.3, 0.4) is 0 Å². The Hall–Kier alpha value is -1.69. The molecule has 20 heavy (non-hydrogen) atoms. The van der Waals surface area contributed by atoms with E-state index in [0.29, 0.717) is 18.2 Å². The van der Waals surface area contributed by atoms with Crippen LogP contribution in [0.25, 0.3) is 10.8 Å². The van der Waals surface area contributed by atoms with Crippen LogP contribution < -0.4 is 5.56 Å². The highest BCUT2D eigenvalue weighted by molar-refractivity contribution is 7.91. The van der Waals surface area contributed by atoms with Gasteiger partial charge in [-0.05, 0) is 25.3 Å². The van der Waals surface area contributed by atoms with Gasteiger partial charge in [0.1, 0.15) is 9.84 Å². The summed E-state index contributed by atoms with van der Waals surface area (Å²) in [6.07, 6.45) is 2.62. The van der Waals surface area contributed by atoms with Crippen LogP contribution in [0.5, 0.6) is 0 Å². The molecule has 0 unspecified atom stereocenters. The molecule has 0 radical (unpaired) electrons. The molecule has 6 heteroatoms. The van der Waals surface area contributed by atoms with Crippen LogP contribution in [-0.4, -0.2) is 29.7 Å². The minimum Gasteiger partial charge on any atom is -0.267 e. The number of fused-ring (bicyclic) bond motifs is 1. The minimum absolute atomic E-state index is 0.116. The topological polar surface area (TPSA) is 69.0 Å². The summed E-state index contributed by atoms with van der Waals surface area (Å²) in [5.74, 6) is 0.273. The van der Waals surface area contributed by atoms with E-state index in [-0.39, 0.29) is 23.1 Å². The Labute approximate surface area is 117 Å². The number of hydrogen-bond acceptors (Lipinski definition) is 4. The summed E-state index contributed by atoms with van der Waals surface area (Å²) in [4.78, 5) is 12.6. The Balaban J connectivity index is 2.08. The Morgan fingerprint density at radius 1 is 1.25 bits per heavy atom. The maximum absolute atomic E-state index is 12.6. The molecule has 0 saturated carbocycles. The first kappa shape index (κ1) is 13.3. The average Bonchev–Trinajstić information content (AvgIpc) is 2.40. The fourth-order valence-corrected chi connectivity index (χ4v) is 4.23. The molecule has 1 aliphatic heterocycles. The van der Waals surface area contributed by atoms with E-state index in [1.165, 1.54) is 4.68 Å². The predicted octanol–water partition coefficient (Wildman–Crippen LogP) is 1.45. The zero-order valence-electron chi connectivity index (χ0n) is 11.2. The SMILES string of the molecule is Cc1cccc2cnn(C3CCS(=O)(=O)CC3)c(=O)c12. The first-order valence-corrected chi connectivity index (χ1v) is 8.48. The molecular weight excluding hydrogens is 276 g/mol. The highest BCUT2D eigenvalue weighted by atomic mass is 32.2. The molecule has 3 rings (SSSR count). The number of aryl methyl sites for hydroxylation is 1. The first-order chi connectivity index (χ1) is 9.48. The molecule has 1 aromatic heterocycles. The van der Waals surface area contributed by atoms with E-state index in [1.54, 1.807) is 6.20 Å². The molecule has 0 spiro atoms. The van der Waals surface area contributed by atoms with E-state index in [0.717, 1.165) is 10.9 Å². The van der Waals surface area contributed by atoms with Crippen molar-refractivity contribution >= 4 is 20.6 Å². The molecule has 2 heterocycles. The third-order valence-electron chi connectivity index (χ3n) is 3.92. The lowest BCUT2D eigenvalue weighted by atomic mass is 10.1. The molecule has 1 aliphatic rings. The molecule has 0 atom stereocenters. The van der Waals surface area contributed by atoms with Crippen molar-refractivity contribution in [1.29, 1.82) is 0 Å². The minimum atomic E-state index is -2.93. The third-order valence-corrected chi connectivity index (χ3v) is 5.63. The molecule has 0 amide bonds. The average molecular weight is 292 g/mol. The highest BCUT2D eigenvalue weighted by Gasteiger charge is 2.26. The van der Waals surface area contributed by atoms with Crippen molar-refractivity contribution in [3.8, 4) is 0 Å². The zero-order valence-corrected chi connectivity index (χ0v) is 12.1. The van der Waals surface area contributed by atoms with Crippen LogP contribution in [0.15, 0.2) is 29.2 Å². The second-order valence-electron chi connectivity index (χ2n) is 5.32. The molecule has 0 aliphatic carbocycles. The number of rotatable bonds is 1. The van der Waals surface area contributed by atoms with Crippen LogP contribution in [0.2, 0.25) is 0 Å². The Morgan fingerprint density at radius 3 is 2.65 bits per heavy atom. The van der Waals surface area contributed by atoms with Gasteiger partial charge < -0.3 is 0 Å². The van der Waals surface area contributed by atoms with Gasteiger partial charge in [-0.25, -0.2) is 13.1 Å². The summed E-state index contributed by atoms with van der Waals surface area (Å²) in [6.45, 7) is 1.90. The van der Waals surface area contributed by atoms with Crippen LogP contribution in [0.1, 0.15) is 24.4 Å². The predicted molar refractivity (Wildman–Crippen MR) is 77.7 cm³/mol. The van der Waals surface area contributed by atoms with Gasteiger partial charge in [0.25, 0.3) is 5.56 Å². The van der Waals surface area contributed by atoms with Gasteiger partial charge in [0.2, 0.25) is 0 Å². The lowest BCUT2D eigenvalue weighted by molar-refractivity contribution is 0.399. The van der Waals surface area contributed by atoms with Gasteiger partial charge in [0.15, 0.2) is 0 Å². The van der Waals surface area contributed by atoms with Crippen molar-refractivity contribution in [3.63, 3.8) is 0 Å². The third kappa shape index (κ3) is 2.24. The van der Waals surface area contributed by atoms with Crippen LogP contribution in [-0.2, 0) is 9.84 Å². The van der Waals surface area contributed by atoms with Gasteiger partial charge in [-0.1, -0.05) is 18.2 Å². The molecule has 0 bridgehead atoms. The Bertz CT molecular complexity index is 810. The molecule has 0 N–H and O–H groups in total. The number of aromatic nitrogens is 2. The Kier molecular flexibility index (Phi) is 3.12. The van der Waals surface area contributed by atoms with E-state index in [1.807, 2.05) is 25.1 Å². The summed E-state index contributed by atoms with van der Waals surface area (Å²) in [5, 5.41) is 5.73. The Morgan fingerprint density at radius 2 is 1.95 bits per heavy atom. The highest BCUT2D eigenvalue weighted by Crippen LogP contribution is 2.22. The summed E-state index contributed by atoms with van der Waals surface area (Å²) >= 11 is 0. The number of sulfone groups is 1. The maximum Gasteiger partial charge on any atom is 0.275 e. The lowest BCUT2D eigenvalue weighted by Gasteiger charge is -2.23. The van der Waals surface area contributed by atoms with Gasteiger partial charge in [0.05, 0.1) is 29.1 Å². The van der Waals surface area contributed by atoms with Crippen molar-refractivity contribution in [2.45, 2.75) is 25.8 Å². The second-order valence-corrected chi connectivity index (χ2v) is 7.62. The van der Waals surface area contributed by atoms with Crippen LogP contribution in [0.4, 0.5) is 0 Å². The fraction of sp³-hybridized carbons (Fsp3) is 0.429. The van der Waals surface area contributed by atoms with Gasteiger partial charge in [-0.15, -0.1) is 0 Å². The van der Waals surface area contributed by atoms with Gasteiger partial charge in [-0.3, -0.25) is 4.79 Å². The fourth-order valence-electron chi connectivity index (χ4n) is 2.76. The summed E-state index contributed by atoms with van der Waals surface area (Å²) in [5.41, 5.74) is 0.803. The monoisotopic (exact) mass is 292 g/mol. The summed E-state index contributed by atoms with van der Waals surface area (Å²) in [6, 6.07) is 5.55. The summed E-state index contributed by atoms with van der Waals surface area (Å²) < 4.78 is 24.4. The van der Waals surface area contributed by atoms with Crippen molar-refractivity contribution in [3.05, 3.63) is 40.3 Å². The number of nitrogens with zero attached hydrogens (tertiary/aromatic N) is 2. The van der Waals surface area contributed by atoms with Crippen molar-refractivity contribution in [2.24, 2.45) is 0 Å². The van der Waals surface area contributed by atoms with Gasteiger partial charge in [0, 0.05) is 5.39 Å².